The number of alkyl halides is 3. The van der Waals surface area contributed by atoms with Crippen LogP contribution < -0.4 is 10.5 Å². The van der Waals surface area contributed by atoms with Crippen molar-refractivity contribution in [3.63, 3.8) is 0 Å². The number of aryl methyl sites for hydroxylation is 1. The Bertz CT molecular complexity index is 1830. The molecule has 1 atom stereocenters. The van der Waals surface area contributed by atoms with Crippen LogP contribution in [0.15, 0.2) is 71.7 Å². The fourth-order valence-corrected chi connectivity index (χ4v) is 6.71. The molecule has 0 unspecified atom stereocenters. The van der Waals surface area contributed by atoms with Crippen LogP contribution >= 0.6 is 0 Å². The number of carbonyl (C=O) groups is 1. The number of H-pyrrole nitrogens is 1. The van der Waals surface area contributed by atoms with Crippen LogP contribution in [0, 0.1) is 0 Å². The van der Waals surface area contributed by atoms with Crippen molar-refractivity contribution >= 4 is 11.7 Å². The lowest BCUT2D eigenvalue weighted by atomic mass is 9.91. The van der Waals surface area contributed by atoms with E-state index in [0.717, 1.165) is 66.6 Å². The summed E-state index contributed by atoms with van der Waals surface area (Å²) in [6, 6.07) is 16.5. The number of fused-ring (bicyclic) bond motifs is 1. The Balaban J connectivity index is 1.12. The van der Waals surface area contributed by atoms with Gasteiger partial charge >= 0.3 is 6.18 Å². The van der Waals surface area contributed by atoms with Crippen molar-refractivity contribution in [2.24, 2.45) is 0 Å². The summed E-state index contributed by atoms with van der Waals surface area (Å²) in [6.45, 7) is 2.21. The summed E-state index contributed by atoms with van der Waals surface area (Å²) in [5.74, 6) is 0.835. The molecule has 11 heteroatoms. The van der Waals surface area contributed by atoms with Crippen molar-refractivity contribution in [3.05, 3.63) is 111 Å². The Morgan fingerprint density at radius 1 is 0.957 bits per heavy atom. The van der Waals surface area contributed by atoms with Gasteiger partial charge in [-0.2, -0.15) is 13.2 Å². The number of hydrogen-bond donors (Lipinski definition) is 2. The summed E-state index contributed by atoms with van der Waals surface area (Å²) in [4.78, 5) is 43.0. The number of hydrogen-bond acceptors (Lipinski definition) is 6. The van der Waals surface area contributed by atoms with Gasteiger partial charge in [-0.3, -0.25) is 9.59 Å². The summed E-state index contributed by atoms with van der Waals surface area (Å²) in [6.07, 6.45) is 0.511. The highest BCUT2D eigenvalue weighted by Gasteiger charge is 2.49. The normalized spacial score (nSPS) is 18.2. The fourth-order valence-electron chi connectivity index (χ4n) is 6.71. The van der Waals surface area contributed by atoms with Crippen LogP contribution in [0.25, 0.3) is 11.1 Å². The van der Waals surface area contributed by atoms with E-state index in [-0.39, 0.29) is 24.2 Å². The molecule has 2 aromatic heterocycles. The number of aliphatic hydroxyl groups is 1. The SMILES string of the molecule is O=C([C@H](O)c1cccc(C(F)(F)F)c1)N1CCCc2nc(C3(c4cccc(-c5ccc(N6CCCC6)nc5)c4)CC3)[nH]c(=O)c2C1. The number of carbonyl (C=O) groups excluding carboxylic acids is 1. The Morgan fingerprint density at radius 3 is 2.46 bits per heavy atom. The van der Waals surface area contributed by atoms with Gasteiger partial charge in [-0.15, -0.1) is 0 Å². The maximum atomic E-state index is 13.5. The Labute approximate surface area is 263 Å². The highest BCUT2D eigenvalue weighted by Crippen LogP contribution is 2.52. The van der Waals surface area contributed by atoms with Crippen molar-refractivity contribution in [1.29, 1.82) is 0 Å². The molecule has 0 bridgehead atoms. The second kappa shape index (κ2) is 11.7. The van der Waals surface area contributed by atoms with Gasteiger partial charge in [0.05, 0.1) is 28.8 Å². The Kier molecular flexibility index (Phi) is 7.67. The number of aliphatic hydroxyl groups excluding tert-OH is 1. The van der Waals surface area contributed by atoms with Crippen LogP contribution in [0.1, 0.15) is 72.0 Å². The van der Waals surface area contributed by atoms with Crippen LogP contribution in [-0.4, -0.2) is 50.5 Å². The van der Waals surface area contributed by atoms with Gasteiger partial charge in [-0.1, -0.05) is 36.4 Å². The number of amides is 1. The molecule has 2 N–H and O–H groups in total. The van der Waals surface area contributed by atoms with Crippen molar-refractivity contribution in [3.8, 4) is 11.1 Å². The average Bonchev–Trinajstić information content (AvgIpc) is 3.76. The molecule has 0 spiro atoms. The van der Waals surface area contributed by atoms with Gasteiger partial charge in [0.25, 0.3) is 11.5 Å². The van der Waals surface area contributed by atoms with Crippen LogP contribution in [0.5, 0.6) is 0 Å². The van der Waals surface area contributed by atoms with Crippen LogP contribution in [-0.2, 0) is 29.4 Å². The van der Waals surface area contributed by atoms with E-state index in [1.165, 1.54) is 23.8 Å². The number of anilines is 1. The van der Waals surface area contributed by atoms with Crippen LogP contribution in [0.3, 0.4) is 0 Å². The average molecular weight is 630 g/mol. The van der Waals surface area contributed by atoms with Crippen molar-refractivity contribution in [2.45, 2.75) is 62.8 Å². The summed E-state index contributed by atoms with van der Waals surface area (Å²) in [5, 5.41) is 10.7. The minimum atomic E-state index is -4.60. The number of halogens is 3. The highest BCUT2D eigenvalue weighted by atomic mass is 19.4. The van der Waals surface area contributed by atoms with Gasteiger partial charge in [-0.25, -0.2) is 9.97 Å². The second-order valence-corrected chi connectivity index (χ2v) is 12.5. The zero-order chi connectivity index (χ0) is 32.1. The molecule has 4 heterocycles. The third kappa shape index (κ3) is 5.68. The fraction of sp³-hybridized carbons (Fsp3) is 0.371. The molecule has 0 radical (unpaired) electrons. The molecule has 2 aromatic carbocycles. The molecular weight excluding hydrogens is 595 g/mol. The first-order chi connectivity index (χ1) is 22.1. The molecule has 3 aliphatic rings. The van der Waals surface area contributed by atoms with Crippen LogP contribution in [0.2, 0.25) is 0 Å². The van der Waals surface area contributed by atoms with E-state index in [0.29, 0.717) is 29.9 Å². The first-order valence-electron chi connectivity index (χ1n) is 15.7. The van der Waals surface area contributed by atoms with E-state index in [2.05, 4.69) is 40.2 Å². The Hall–Kier alpha value is -4.51. The number of aromatic amines is 1. The molecule has 238 valence electrons. The van der Waals surface area contributed by atoms with Gasteiger partial charge in [0.1, 0.15) is 11.6 Å². The largest absolute Gasteiger partial charge is 0.416 e. The quantitative estimate of drug-likeness (QED) is 0.291. The van der Waals surface area contributed by atoms with E-state index in [1.807, 2.05) is 12.3 Å². The molecule has 7 rings (SSSR count). The Morgan fingerprint density at radius 2 is 1.74 bits per heavy atom. The lowest BCUT2D eigenvalue weighted by Gasteiger charge is -2.24. The maximum Gasteiger partial charge on any atom is 0.416 e. The van der Waals surface area contributed by atoms with E-state index < -0.39 is 29.2 Å². The maximum absolute atomic E-state index is 13.5. The summed E-state index contributed by atoms with van der Waals surface area (Å²) < 4.78 is 39.6. The number of aromatic nitrogens is 3. The lowest BCUT2D eigenvalue weighted by Crippen LogP contribution is -2.36. The third-order valence-corrected chi connectivity index (χ3v) is 9.50. The summed E-state index contributed by atoms with van der Waals surface area (Å²) >= 11 is 0. The standard InChI is InChI=1S/C35H34F3N5O3/c36-35(37,38)26-9-4-7-23(19-26)30(44)32(46)43-17-5-10-28-27(21-43)31(45)41-33(40-28)34(13-14-34)25-8-3-6-22(18-25)24-11-12-29(39-20-24)42-15-1-2-16-42/h3-4,6-9,11-12,18-20,30,44H,1-2,5,10,13-17,21H2,(H,40,41,45)/t30-/m1/s1. The number of pyridine rings is 1. The van der Waals surface area contributed by atoms with Gasteiger partial charge in [0.2, 0.25) is 0 Å². The predicted molar refractivity (Wildman–Crippen MR) is 166 cm³/mol. The minimum Gasteiger partial charge on any atom is -0.378 e. The molecular formula is C35H34F3N5O3. The highest BCUT2D eigenvalue weighted by molar-refractivity contribution is 5.82. The van der Waals surface area contributed by atoms with Gasteiger partial charge < -0.3 is 19.9 Å². The molecule has 2 aliphatic heterocycles. The van der Waals surface area contributed by atoms with E-state index in [1.54, 1.807) is 0 Å². The molecule has 1 amide bonds. The first-order valence-corrected chi connectivity index (χ1v) is 15.7. The molecule has 46 heavy (non-hydrogen) atoms. The van der Waals surface area contributed by atoms with Crippen LogP contribution in [0.4, 0.5) is 19.0 Å². The van der Waals surface area contributed by atoms with Gasteiger partial charge in [0.15, 0.2) is 6.10 Å². The number of rotatable bonds is 6. The van der Waals surface area contributed by atoms with Crippen molar-refractivity contribution in [1.82, 2.24) is 19.9 Å². The molecule has 1 saturated carbocycles. The van der Waals surface area contributed by atoms with Crippen molar-refractivity contribution < 1.29 is 23.1 Å². The summed E-state index contributed by atoms with van der Waals surface area (Å²) in [5.41, 5.74) is 2.18. The zero-order valence-corrected chi connectivity index (χ0v) is 25.2. The topological polar surface area (TPSA) is 102 Å². The number of nitrogens with one attached hydrogen (secondary N) is 1. The molecule has 1 aliphatic carbocycles. The minimum absolute atomic E-state index is 0.0876. The number of nitrogens with zero attached hydrogens (tertiary/aromatic N) is 4. The van der Waals surface area contributed by atoms with Gasteiger partial charge in [0, 0.05) is 31.4 Å². The third-order valence-electron chi connectivity index (χ3n) is 9.50. The molecule has 8 nitrogen and oxygen atoms in total. The molecule has 1 saturated heterocycles. The van der Waals surface area contributed by atoms with E-state index in [4.69, 9.17) is 9.97 Å². The van der Waals surface area contributed by atoms with E-state index in [9.17, 15) is 27.9 Å². The monoisotopic (exact) mass is 629 g/mol. The number of benzene rings is 2. The lowest BCUT2D eigenvalue weighted by molar-refractivity contribution is -0.142. The first kappa shape index (κ1) is 30.2. The smallest absolute Gasteiger partial charge is 0.378 e. The van der Waals surface area contributed by atoms with Gasteiger partial charge in [-0.05, 0) is 79.5 Å². The van der Waals surface area contributed by atoms with E-state index >= 15 is 0 Å². The zero-order valence-electron chi connectivity index (χ0n) is 25.2. The molecule has 4 aromatic rings. The summed E-state index contributed by atoms with van der Waals surface area (Å²) in [7, 11) is 0. The molecule has 2 fully saturated rings. The van der Waals surface area contributed by atoms with Crippen molar-refractivity contribution in [2.75, 3.05) is 24.5 Å². The second-order valence-electron chi connectivity index (χ2n) is 12.5. The predicted octanol–water partition coefficient (Wildman–Crippen LogP) is 5.54.